The molecular weight excluding hydrogens is 170 g/mol. The molecule has 0 unspecified atom stereocenters. The molecule has 0 amide bonds. The maximum atomic E-state index is 11.4. The fourth-order valence-corrected chi connectivity index (χ4v) is 1.09. The van der Waals surface area contributed by atoms with Crippen LogP contribution in [-0.2, 0) is 6.54 Å². The van der Waals surface area contributed by atoms with Gasteiger partial charge in [-0.15, -0.1) is 0 Å². The van der Waals surface area contributed by atoms with Crippen LogP contribution in [0.1, 0.15) is 17.3 Å². The highest BCUT2D eigenvalue weighted by Crippen LogP contribution is 1.92. The van der Waals surface area contributed by atoms with Gasteiger partial charge in [0, 0.05) is 12.7 Å². The van der Waals surface area contributed by atoms with Gasteiger partial charge in [-0.2, -0.15) is 0 Å². The Morgan fingerprint density at radius 3 is 2.85 bits per heavy atom. The van der Waals surface area contributed by atoms with E-state index >= 15 is 0 Å². The molecule has 1 aromatic heterocycles. The number of aliphatic hydroxyl groups is 1. The lowest BCUT2D eigenvalue weighted by Crippen LogP contribution is -2.25. The predicted octanol–water partition coefficient (Wildman–Crippen LogP) is 0.0432. The zero-order valence-electron chi connectivity index (χ0n) is 7.36. The van der Waals surface area contributed by atoms with E-state index < -0.39 is 0 Å². The molecule has 0 spiro atoms. The summed E-state index contributed by atoms with van der Waals surface area (Å²) < 4.78 is 1.32. The summed E-state index contributed by atoms with van der Waals surface area (Å²) in [6.07, 6.45) is 1.55. The SMILES string of the molecule is CC(=O)c1cccn(CCO)c1=O. The fourth-order valence-electron chi connectivity index (χ4n) is 1.09. The van der Waals surface area contributed by atoms with Gasteiger partial charge in [0.1, 0.15) is 0 Å². The van der Waals surface area contributed by atoms with Gasteiger partial charge in [0.2, 0.25) is 0 Å². The number of ketones is 1. The Morgan fingerprint density at radius 1 is 1.62 bits per heavy atom. The summed E-state index contributed by atoms with van der Waals surface area (Å²) in [6.45, 7) is 1.46. The van der Waals surface area contributed by atoms with Gasteiger partial charge in [0.05, 0.1) is 12.2 Å². The van der Waals surface area contributed by atoms with Gasteiger partial charge in [0.15, 0.2) is 5.78 Å². The van der Waals surface area contributed by atoms with Crippen LogP contribution in [0.25, 0.3) is 0 Å². The maximum absolute atomic E-state index is 11.4. The van der Waals surface area contributed by atoms with Crippen molar-refractivity contribution in [1.82, 2.24) is 4.57 Å². The topological polar surface area (TPSA) is 59.3 Å². The first kappa shape index (κ1) is 9.67. The highest BCUT2D eigenvalue weighted by atomic mass is 16.3. The molecule has 0 fully saturated rings. The Balaban J connectivity index is 3.19. The van der Waals surface area contributed by atoms with E-state index in [0.717, 1.165) is 0 Å². The standard InChI is InChI=1S/C9H11NO3/c1-7(12)8-3-2-4-10(5-6-11)9(8)13/h2-4,11H,5-6H2,1H3. The van der Waals surface area contributed by atoms with Crippen molar-refractivity contribution in [2.75, 3.05) is 6.61 Å². The fraction of sp³-hybridized carbons (Fsp3) is 0.333. The minimum absolute atomic E-state index is 0.110. The number of carbonyl (C=O) groups excluding carboxylic acids is 1. The number of aliphatic hydroxyl groups excluding tert-OH is 1. The van der Waals surface area contributed by atoms with Crippen LogP contribution < -0.4 is 5.56 Å². The van der Waals surface area contributed by atoms with Gasteiger partial charge in [-0.3, -0.25) is 9.59 Å². The second-order valence-electron chi connectivity index (χ2n) is 2.70. The summed E-state index contributed by atoms with van der Waals surface area (Å²) in [5.74, 6) is -0.253. The molecule has 0 saturated carbocycles. The average molecular weight is 181 g/mol. The second-order valence-corrected chi connectivity index (χ2v) is 2.70. The number of pyridine rings is 1. The highest BCUT2D eigenvalue weighted by Gasteiger charge is 2.06. The monoisotopic (exact) mass is 181 g/mol. The molecule has 0 radical (unpaired) electrons. The summed E-state index contributed by atoms with van der Waals surface area (Å²) in [6, 6.07) is 3.10. The van der Waals surface area contributed by atoms with Crippen molar-refractivity contribution in [3.8, 4) is 0 Å². The third-order valence-electron chi connectivity index (χ3n) is 1.74. The van der Waals surface area contributed by atoms with Gasteiger partial charge >= 0.3 is 0 Å². The Labute approximate surface area is 75.4 Å². The quantitative estimate of drug-likeness (QED) is 0.670. The molecule has 70 valence electrons. The predicted molar refractivity (Wildman–Crippen MR) is 47.8 cm³/mol. The van der Waals surface area contributed by atoms with Crippen LogP contribution in [0, 0.1) is 0 Å². The zero-order chi connectivity index (χ0) is 9.84. The van der Waals surface area contributed by atoms with Crippen LogP contribution in [0.5, 0.6) is 0 Å². The highest BCUT2D eigenvalue weighted by molar-refractivity contribution is 5.93. The Kier molecular flexibility index (Phi) is 2.97. The van der Waals surface area contributed by atoms with Gasteiger partial charge in [-0.1, -0.05) is 0 Å². The molecule has 4 heteroatoms. The average Bonchev–Trinajstić information content (AvgIpc) is 2.08. The maximum Gasteiger partial charge on any atom is 0.261 e. The molecule has 1 rings (SSSR count). The van der Waals surface area contributed by atoms with Gasteiger partial charge in [-0.25, -0.2) is 0 Å². The molecule has 0 aliphatic carbocycles. The molecule has 13 heavy (non-hydrogen) atoms. The van der Waals surface area contributed by atoms with E-state index in [4.69, 9.17) is 5.11 Å². The van der Waals surface area contributed by atoms with Crippen molar-refractivity contribution in [1.29, 1.82) is 0 Å². The Hall–Kier alpha value is -1.42. The Morgan fingerprint density at radius 2 is 2.31 bits per heavy atom. The third kappa shape index (κ3) is 2.03. The van der Waals surface area contributed by atoms with Gasteiger partial charge < -0.3 is 9.67 Å². The summed E-state index contributed by atoms with van der Waals surface area (Å²) in [5.41, 5.74) is -0.181. The van der Waals surface area contributed by atoms with Crippen molar-refractivity contribution >= 4 is 5.78 Å². The van der Waals surface area contributed by atoms with E-state index in [2.05, 4.69) is 0 Å². The molecule has 0 bridgehead atoms. The molecule has 1 heterocycles. The zero-order valence-corrected chi connectivity index (χ0v) is 7.36. The first-order valence-electron chi connectivity index (χ1n) is 3.98. The normalized spacial score (nSPS) is 10.0. The van der Waals surface area contributed by atoms with E-state index in [9.17, 15) is 9.59 Å². The number of carbonyl (C=O) groups is 1. The lowest BCUT2D eigenvalue weighted by molar-refractivity contribution is 0.101. The van der Waals surface area contributed by atoms with Crippen molar-refractivity contribution < 1.29 is 9.90 Å². The van der Waals surface area contributed by atoms with Crippen LogP contribution in [0.3, 0.4) is 0 Å². The van der Waals surface area contributed by atoms with Crippen LogP contribution >= 0.6 is 0 Å². The van der Waals surface area contributed by atoms with E-state index in [1.165, 1.54) is 17.6 Å². The first-order valence-corrected chi connectivity index (χ1v) is 3.98. The third-order valence-corrected chi connectivity index (χ3v) is 1.74. The molecule has 0 aliphatic heterocycles. The largest absolute Gasteiger partial charge is 0.395 e. The summed E-state index contributed by atoms with van der Waals surface area (Å²) in [4.78, 5) is 22.4. The molecular formula is C9H11NO3. The number of rotatable bonds is 3. The number of Topliss-reactive ketones (excluding diaryl/α,β-unsaturated/α-hetero) is 1. The van der Waals surface area contributed by atoms with Crippen molar-refractivity contribution in [3.63, 3.8) is 0 Å². The van der Waals surface area contributed by atoms with E-state index in [-0.39, 0.29) is 30.1 Å². The van der Waals surface area contributed by atoms with Crippen molar-refractivity contribution in [2.24, 2.45) is 0 Å². The van der Waals surface area contributed by atoms with E-state index in [0.29, 0.717) is 0 Å². The van der Waals surface area contributed by atoms with Crippen LogP contribution in [0.4, 0.5) is 0 Å². The number of nitrogens with zero attached hydrogens (tertiary/aromatic N) is 1. The molecule has 0 saturated heterocycles. The van der Waals surface area contributed by atoms with Crippen molar-refractivity contribution in [3.05, 3.63) is 34.2 Å². The molecule has 4 nitrogen and oxygen atoms in total. The molecule has 0 aromatic carbocycles. The van der Waals surface area contributed by atoms with E-state index in [1.807, 2.05) is 0 Å². The van der Waals surface area contributed by atoms with Crippen LogP contribution in [0.2, 0.25) is 0 Å². The second kappa shape index (κ2) is 4.00. The first-order chi connectivity index (χ1) is 6.16. The number of hydrogen-bond acceptors (Lipinski definition) is 3. The molecule has 0 aliphatic rings. The van der Waals surface area contributed by atoms with Crippen LogP contribution in [-0.4, -0.2) is 22.1 Å². The summed E-state index contributed by atoms with van der Waals surface area (Å²) in [7, 11) is 0. The van der Waals surface area contributed by atoms with Gasteiger partial charge in [0.25, 0.3) is 5.56 Å². The minimum Gasteiger partial charge on any atom is -0.395 e. The summed E-state index contributed by atoms with van der Waals surface area (Å²) in [5, 5.41) is 8.63. The smallest absolute Gasteiger partial charge is 0.261 e. The minimum atomic E-state index is -0.343. The van der Waals surface area contributed by atoms with Crippen LogP contribution in [0.15, 0.2) is 23.1 Å². The molecule has 1 N–H and O–H groups in total. The van der Waals surface area contributed by atoms with Crippen molar-refractivity contribution in [2.45, 2.75) is 13.5 Å². The lowest BCUT2D eigenvalue weighted by Gasteiger charge is -2.03. The lowest BCUT2D eigenvalue weighted by atomic mass is 10.2. The summed E-state index contributed by atoms with van der Waals surface area (Å²) >= 11 is 0. The number of hydrogen-bond donors (Lipinski definition) is 1. The molecule has 1 aromatic rings. The van der Waals surface area contributed by atoms with Gasteiger partial charge in [-0.05, 0) is 19.1 Å². The molecule has 0 atom stereocenters. The number of aromatic nitrogens is 1. The Bertz CT molecular complexity index is 367. The van der Waals surface area contributed by atoms with E-state index in [1.54, 1.807) is 12.3 Å².